The molecule has 2 heteroatoms. The van der Waals surface area contributed by atoms with E-state index in [1.54, 1.807) is 7.11 Å². The lowest BCUT2D eigenvalue weighted by atomic mass is 9.87. The van der Waals surface area contributed by atoms with Crippen LogP contribution < -0.4 is 10.1 Å². The van der Waals surface area contributed by atoms with E-state index in [0.717, 1.165) is 12.3 Å². The van der Waals surface area contributed by atoms with Gasteiger partial charge in [-0.1, -0.05) is 45.7 Å². The smallest absolute Gasteiger partial charge is 0.126 e. The largest absolute Gasteiger partial charge is 0.496 e. The van der Waals surface area contributed by atoms with Crippen molar-refractivity contribution in [3.05, 3.63) is 28.8 Å². The van der Waals surface area contributed by atoms with E-state index in [0.29, 0.717) is 12.0 Å². The first-order chi connectivity index (χ1) is 9.10. The Kier molecular flexibility index (Phi) is 6.36. The van der Waals surface area contributed by atoms with Crippen molar-refractivity contribution < 1.29 is 4.74 Å². The first-order valence-electron chi connectivity index (χ1n) is 7.48. The van der Waals surface area contributed by atoms with Gasteiger partial charge in [-0.05, 0) is 37.4 Å². The average Bonchev–Trinajstić information content (AvgIpc) is 2.42. The van der Waals surface area contributed by atoms with Gasteiger partial charge in [0.2, 0.25) is 0 Å². The van der Waals surface area contributed by atoms with Gasteiger partial charge in [0, 0.05) is 11.6 Å². The molecule has 1 unspecified atom stereocenters. The molecule has 1 atom stereocenters. The molecule has 0 spiro atoms. The monoisotopic (exact) mass is 263 g/mol. The fourth-order valence-corrected chi connectivity index (χ4v) is 2.84. The summed E-state index contributed by atoms with van der Waals surface area (Å²) in [5.41, 5.74) is 3.86. The molecule has 19 heavy (non-hydrogen) atoms. The van der Waals surface area contributed by atoms with E-state index < -0.39 is 0 Å². The Bertz CT molecular complexity index is 396. The number of rotatable bonds is 7. The Labute approximate surface area is 118 Å². The van der Waals surface area contributed by atoms with Crippen LogP contribution in [0.1, 0.15) is 56.3 Å². The minimum absolute atomic E-state index is 0.384. The summed E-state index contributed by atoms with van der Waals surface area (Å²) < 4.78 is 5.68. The maximum absolute atomic E-state index is 5.68. The van der Waals surface area contributed by atoms with Crippen LogP contribution in [0.5, 0.6) is 5.75 Å². The van der Waals surface area contributed by atoms with Gasteiger partial charge in [-0.2, -0.15) is 0 Å². The summed E-state index contributed by atoms with van der Waals surface area (Å²) in [4.78, 5) is 0. The molecule has 0 aromatic heterocycles. The zero-order valence-corrected chi connectivity index (χ0v) is 13.3. The third-order valence-corrected chi connectivity index (χ3v) is 4.19. The molecule has 0 saturated heterocycles. The summed E-state index contributed by atoms with van der Waals surface area (Å²) in [5.74, 6) is 1.70. The van der Waals surface area contributed by atoms with E-state index in [-0.39, 0.29) is 0 Å². The minimum atomic E-state index is 0.384. The summed E-state index contributed by atoms with van der Waals surface area (Å²) in [5, 5.41) is 3.64. The first-order valence-corrected chi connectivity index (χ1v) is 7.48. The molecular weight excluding hydrogens is 234 g/mol. The molecular formula is C17H29NO. The fourth-order valence-electron chi connectivity index (χ4n) is 2.84. The second kappa shape index (κ2) is 7.54. The lowest BCUT2D eigenvalue weighted by Crippen LogP contribution is -2.28. The van der Waals surface area contributed by atoms with Gasteiger partial charge in [-0.3, -0.25) is 0 Å². The summed E-state index contributed by atoms with van der Waals surface area (Å²) in [6.45, 7) is 12.0. The fraction of sp³-hybridized carbons (Fsp3) is 0.647. The van der Waals surface area contributed by atoms with Gasteiger partial charge in [0.1, 0.15) is 5.75 Å². The van der Waals surface area contributed by atoms with Crippen LogP contribution in [0.3, 0.4) is 0 Å². The highest BCUT2D eigenvalue weighted by Crippen LogP contribution is 2.36. The Hall–Kier alpha value is -1.02. The molecule has 0 fully saturated rings. The Morgan fingerprint density at radius 1 is 1.11 bits per heavy atom. The van der Waals surface area contributed by atoms with E-state index in [1.165, 1.54) is 29.5 Å². The van der Waals surface area contributed by atoms with Crippen molar-refractivity contribution in [1.82, 2.24) is 5.32 Å². The molecule has 1 aromatic carbocycles. The maximum atomic E-state index is 5.68. The SMILES string of the molecule is CCNC(c1ccc(C)c(C)c1OC)C(CC)CC. The third kappa shape index (κ3) is 3.50. The molecule has 0 bridgehead atoms. The highest BCUT2D eigenvalue weighted by atomic mass is 16.5. The number of benzene rings is 1. The topological polar surface area (TPSA) is 21.3 Å². The Morgan fingerprint density at radius 2 is 1.74 bits per heavy atom. The van der Waals surface area contributed by atoms with Crippen LogP contribution in [0, 0.1) is 19.8 Å². The maximum Gasteiger partial charge on any atom is 0.126 e. The molecule has 0 aliphatic heterocycles. The van der Waals surface area contributed by atoms with E-state index >= 15 is 0 Å². The molecule has 0 heterocycles. The molecule has 0 radical (unpaired) electrons. The highest BCUT2D eigenvalue weighted by Gasteiger charge is 2.23. The van der Waals surface area contributed by atoms with Crippen molar-refractivity contribution in [2.75, 3.05) is 13.7 Å². The van der Waals surface area contributed by atoms with Crippen LogP contribution in [0.4, 0.5) is 0 Å². The molecule has 108 valence electrons. The van der Waals surface area contributed by atoms with Crippen molar-refractivity contribution in [2.24, 2.45) is 5.92 Å². The second-order valence-electron chi connectivity index (χ2n) is 5.24. The van der Waals surface area contributed by atoms with Gasteiger partial charge >= 0.3 is 0 Å². The van der Waals surface area contributed by atoms with Crippen LogP contribution in [0.25, 0.3) is 0 Å². The van der Waals surface area contributed by atoms with Gasteiger partial charge in [0.05, 0.1) is 7.11 Å². The average molecular weight is 263 g/mol. The molecule has 1 rings (SSSR count). The lowest BCUT2D eigenvalue weighted by molar-refractivity contribution is 0.329. The van der Waals surface area contributed by atoms with Gasteiger partial charge in [-0.15, -0.1) is 0 Å². The molecule has 0 aliphatic carbocycles. The normalized spacial score (nSPS) is 12.8. The third-order valence-electron chi connectivity index (χ3n) is 4.19. The summed E-state index contributed by atoms with van der Waals surface area (Å²) in [7, 11) is 1.78. The van der Waals surface area contributed by atoms with Crippen molar-refractivity contribution in [3.8, 4) is 5.75 Å². The Balaban J connectivity index is 3.25. The van der Waals surface area contributed by atoms with E-state index in [2.05, 4.69) is 52.1 Å². The summed E-state index contributed by atoms with van der Waals surface area (Å²) in [6.07, 6.45) is 2.37. The standard InChI is InChI=1S/C17H29NO/c1-7-14(8-2)16(18-9-3)15-11-10-12(4)13(5)17(15)19-6/h10-11,14,16,18H,7-9H2,1-6H3. The molecule has 0 saturated carbocycles. The van der Waals surface area contributed by atoms with Crippen molar-refractivity contribution in [1.29, 1.82) is 0 Å². The first kappa shape index (κ1) is 16.0. The number of nitrogens with one attached hydrogen (secondary N) is 1. The second-order valence-corrected chi connectivity index (χ2v) is 5.24. The number of methoxy groups -OCH3 is 1. The number of ether oxygens (including phenoxy) is 1. The van der Waals surface area contributed by atoms with Gasteiger partial charge in [-0.25, -0.2) is 0 Å². The number of hydrogen-bond acceptors (Lipinski definition) is 2. The van der Waals surface area contributed by atoms with Crippen LogP contribution in [-0.2, 0) is 0 Å². The quantitative estimate of drug-likeness (QED) is 0.787. The number of hydrogen-bond donors (Lipinski definition) is 1. The van der Waals surface area contributed by atoms with Gasteiger partial charge in [0.25, 0.3) is 0 Å². The summed E-state index contributed by atoms with van der Waals surface area (Å²) in [6, 6.07) is 4.82. The van der Waals surface area contributed by atoms with Crippen LogP contribution in [0.15, 0.2) is 12.1 Å². The molecule has 0 aliphatic rings. The van der Waals surface area contributed by atoms with E-state index in [1.807, 2.05) is 0 Å². The summed E-state index contributed by atoms with van der Waals surface area (Å²) >= 11 is 0. The van der Waals surface area contributed by atoms with Crippen LogP contribution >= 0.6 is 0 Å². The molecule has 2 nitrogen and oxygen atoms in total. The highest BCUT2D eigenvalue weighted by molar-refractivity contribution is 5.47. The lowest BCUT2D eigenvalue weighted by Gasteiger charge is -2.29. The van der Waals surface area contributed by atoms with Crippen molar-refractivity contribution in [2.45, 2.75) is 53.5 Å². The van der Waals surface area contributed by atoms with Crippen LogP contribution in [0.2, 0.25) is 0 Å². The van der Waals surface area contributed by atoms with E-state index in [9.17, 15) is 0 Å². The predicted molar refractivity (Wildman–Crippen MR) is 83.0 cm³/mol. The van der Waals surface area contributed by atoms with E-state index in [4.69, 9.17) is 4.74 Å². The minimum Gasteiger partial charge on any atom is -0.496 e. The molecule has 1 aromatic rings. The predicted octanol–water partition coefficient (Wildman–Crippen LogP) is 4.40. The Morgan fingerprint density at radius 3 is 2.21 bits per heavy atom. The zero-order chi connectivity index (χ0) is 14.4. The van der Waals surface area contributed by atoms with Crippen molar-refractivity contribution >= 4 is 0 Å². The molecule has 1 N–H and O–H groups in total. The molecule has 0 amide bonds. The zero-order valence-electron chi connectivity index (χ0n) is 13.3. The van der Waals surface area contributed by atoms with Crippen LogP contribution in [-0.4, -0.2) is 13.7 Å². The van der Waals surface area contributed by atoms with Crippen molar-refractivity contribution in [3.63, 3.8) is 0 Å². The number of aryl methyl sites for hydroxylation is 1. The van der Waals surface area contributed by atoms with Gasteiger partial charge < -0.3 is 10.1 Å². The van der Waals surface area contributed by atoms with Gasteiger partial charge in [0.15, 0.2) is 0 Å².